The predicted octanol–water partition coefficient (Wildman–Crippen LogP) is 8.71. The highest BCUT2D eigenvalue weighted by Crippen LogP contribution is 2.67. The van der Waals surface area contributed by atoms with Crippen LogP contribution >= 0.6 is 0 Å². The van der Waals surface area contributed by atoms with Crippen molar-refractivity contribution >= 4 is 0 Å². The summed E-state index contributed by atoms with van der Waals surface area (Å²) in [5.74, 6) is 5.35. The summed E-state index contributed by atoms with van der Waals surface area (Å²) in [7, 11) is 0. The summed E-state index contributed by atoms with van der Waals surface area (Å²) in [5, 5.41) is 4.08. The van der Waals surface area contributed by atoms with Crippen LogP contribution in [0.5, 0.6) is 0 Å². The van der Waals surface area contributed by atoms with Crippen LogP contribution in [0.15, 0.2) is 16.8 Å². The zero-order chi connectivity index (χ0) is 21.5. The van der Waals surface area contributed by atoms with E-state index in [4.69, 9.17) is 5.53 Å². The lowest BCUT2D eigenvalue weighted by molar-refractivity contribution is -0.0508. The third kappa shape index (κ3) is 3.74. The van der Waals surface area contributed by atoms with E-state index in [1.807, 2.05) is 0 Å². The molecule has 4 aliphatic carbocycles. The molecule has 0 saturated heterocycles. The molecule has 0 aromatic rings. The van der Waals surface area contributed by atoms with Crippen molar-refractivity contribution in [2.75, 3.05) is 0 Å². The molecule has 8 atom stereocenters. The molecule has 3 nitrogen and oxygen atoms in total. The minimum Gasteiger partial charge on any atom is -0.0903 e. The fraction of sp³-hybridized carbons (Fsp3) is 0.926. The van der Waals surface area contributed by atoms with Gasteiger partial charge in [-0.2, -0.15) is 0 Å². The molecule has 0 bridgehead atoms. The fourth-order valence-corrected chi connectivity index (χ4v) is 8.84. The Kier molecular flexibility index (Phi) is 6.33. The molecule has 0 N–H and O–H groups in total. The van der Waals surface area contributed by atoms with Gasteiger partial charge in [0.15, 0.2) is 0 Å². The van der Waals surface area contributed by atoms with Crippen molar-refractivity contribution in [1.29, 1.82) is 0 Å². The van der Waals surface area contributed by atoms with Gasteiger partial charge in [0.05, 0.1) is 0 Å². The summed E-state index contributed by atoms with van der Waals surface area (Å²) in [4.78, 5) is 3.11. The standard InChI is InChI=1S/C27H45N3/c1-18(2)7-6-8-19(3)23-11-12-24-22-10-9-20-17-21(29-30-28)13-15-26(20,4)25(22)14-16-27(23,24)5/h9,18-19,21-25H,6-8,10-17H2,1-5H3/t19-,21+,22-,23?,24+,25?,26?,27?/m1/s1. The van der Waals surface area contributed by atoms with Gasteiger partial charge in [-0.05, 0) is 103 Å². The number of rotatable bonds is 6. The first-order valence-corrected chi connectivity index (χ1v) is 13.0. The summed E-state index contributed by atoms with van der Waals surface area (Å²) in [6, 6.07) is 0.197. The molecular weight excluding hydrogens is 366 g/mol. The second-order valence-corrected chi connectivity index (χ2v) is 12.4. The van der Waals surface area contributed by atoms with E-state index in [-0.39, 0.29) is 6.04 Å². The summed E-state index contributed by atoms with van der Waals surface area (Å²) < 4.78 is 0. The lowest BCUT2D eigenvalue weighted by Gasteiger charge is -2.58. The van der Waals surface area contributed by atoms with Gasteiger partial charge in [0.25, 0.3) is 0 Å². The van der Waals surface area contributed by atoms with Crippen molar-refractivity contribution in [1.82, 2.24) is 0 Å². The van der Waals surface area contributed by atoms with Crippen molar-refractivity contribution in [2.45, 2.75) is 111 Å². The van der Waals surface area contributed by atoms with Gasteiger partial charge in [-0.1, -0.05) is 70.6 Å². The van der Waals surface area contributed by atoms with Gasteiger partial charge < -0.3 is 0 Å². The lowest BCUT2D eigenvalue weighted by Crippen LogP contribution is -2.50. The van der Waals surface area contributed by atoms with Gasteiger partial charge in [0.2, 0.25) is 0 Å². The summed E-state index contributed by atoms with van der Waals surface area (Å²) in [5.41, 5.74) is 11.5. The van der Waals surface area contributed by atoms with Crippen LogP contribution < -0.4 is 0 Å². The van der Waals surface area contributed by atoms with Crippen LogP contribution in [0.2, 0.25) is 0 Å². The Labute approximate surface area is 185 Å². The van der Waals surface area contributed by atoms with Crippen LogP contribution in [0.3, 0.4) is 0 Å². The molecule has 0 aromatic carbocycles. The molecule has 0 aliphatic heterocycles. The average molecular weight is 412 g/mol. The van der Waals surface area contributed by atoms with E-state index in [0.29, 0.717) is 10.8 Å². The Bertz CT molecular complexity index is 705. The maximum Gasteiger partial charge on any atom is 0.0411 e. The highest BCUT2D eigenvalue weighted by molar-refractivity contribution is 5.26. The number of nitrogens with zero attached hydrogens (tertiary/aromatic N) is 3. The Morgan fingerprint density at radius 1 is 1.07 bits per heavy atom. The van der Waals surface area contributed by atoms with Gasteiger partial charge >= 0.3 is 0 Å². The highest BCUT2D eigenvalue weighted by Gasteiger charge is 2.59. The third-order valence-corrected chi connectivity index (χ3v) is 10.5. The second kappa shape index (κ2) is 8.53. The van der Waals surface area contributed by atoms with Crippen LogP contribution in [0.4, 0.5) is 0 Å². The van der Waals surface area contributed by atoms with E-state index in [1.165, 1.54) is 57.8 Å². The SMILES string of the molecule is CC(C)CCC[C@@H](C)C1CC[C@H]2[C@H]3CC=C4C[C@@H](N=[N+]=[N-])CCC4(C)C3CCC12C. The Morgan fingerprint density at radius 3 is 2.60 bits per heavy atom. The van der Waals surface area contributed by atoms with Gasteiger partial charge in [-0.15, -0.1) is 0 Å². The molecule has 0 heterocycles. The quantitative estimate of drug-likeness (QED) is 0.182. The highest BCUT2D eigenvalue weighted by atomic mass is 15.1. The fourth-order valence-electron chi connectivity index (χ4n) is 8.84. The van der Waals surface area contributed by atoms with Crippen LogP contribution in [0.25, 0.3) is 10.4 Å². The molecule has 0 radical (unpaired) electrons. The van der Waals surface area contributed by atoms with Gasteiger partial charge in [0, 0.05) is 11.0 Å². The Morgan fingerprint density at radius 2 is 1.87 bits per heavy atom. The zero-order valence-electron chi connectivity index (χ0n) is 20.2. The maximum absolute atomic E-state index is 8.89. The number of fused-ring (bicyclic) bond motifs is 5. The van der Waals surface area contributed by atoms with Crippen molar-refractivity contribution in [3.63, 3.8) is 0 Å². The topological polar surface area (TPSA) is 48.8 Å². The summed E-state index contributed by atoms with van der Waals surface area (Å²) in [6.45, 7) is 12.5. The Balaban J connectivity index is 1.49. The largest absolute Gasteiger partial charge is 0.0903 e. The van der Waals surface area contributed by atoms with E-state index < -0.39 is 0 Å². The molecule has 4 rings (SSSR count). The monoisotopic (exact) mass is 411 g/mol. The number of hydrogen-bond acceptors (Lipinski definition) is 1. The molecular formula is C27H45N3. The van der Waals surface area contributed by atoms with E-state index in [1.54, 1.807) is 5.57 Å². The van der Waals surface area contributed by atoms with Crippen molar-refractivity contribution in [2.24, 2.45) is 51.5 Å². The molecule has 3 heteroatoms. The van der Waals surface area contributed by atoms with Crippen LogP contribution in [-0.4, -0.2) is 6.04 Å². The van der Waals surface area contributed by atoms with Gasteiger partial charge in [0.1, 0.15) is 0 Å². The van der Waals surface area contributed by atoms with E-state index in [0.717, 1.165) is 48.3 Å². The van der Waals surface area contributed by atoms with Gasteiger partial charge in [-0.25, -0.2) is 0 Å². The van der Waals surface area contributed by atoms with Crippen LogP contribution in [0, 0.1) is 46.3 Å². The smallest absolute Gasteiger partial charge is 0.0411 e. The minimum absolute atomic E-state index is 0.197. The molecule has 0 amide bonds. The van der Waals surface area contributed by atoms with Crippen molar-refractivity contribution < 1.29 is 0 Å². The van der Waals surface area contributed by atoms with Crippen molar-refractivity contribution in [3.8, 4) is 0 Å². The molecule has 0 spiro atoms. The van der Waals surface area contributed by atoms with Crippen LogP contribution in [0.1, 0.15) is 105 Å². The van der Waals surface area contributed by atoms with Crippen molar-refractivity contribution in [3.05, 3.63) is 22.1 Å². The first kappa shape index (κ1) is 22.3. The first-order valence-electron chi connectivity index (χ1n) is 13.0. The summed E-state index contributed by atoms with van der Waals surface area (Å²) >= 11 is 0. The zero-order valence-corrected chi connectivity index (χ0v) is 20.2. The van der Waals surface area contributed by atoms with E-state index >= 15 is 0 Å². The summed E-state index contributed by atoms with van der Waals surface area (Å²) in [6.07, 6.45) is 17.3. The molecule has 3 fully saturated rings. The third-order valence-electron chi connectivity index (χ3n) is 10.5. The van der Waals surface area contributed by atoms with Crippen LogP contribution in [-0.2, 0) is 0 Å². The molecule has 4 unspecified atom stereocenters. The molecule has 168 valence electrons. The van der Waals surface area contributed by atoms with E-state index in [9.17, 15) is 0 Å². The lowest BCUT2D eigenvalue weighted by atomic mass is 9.47. The normalized spacial score (nSPS) is 43.8. The molecule has 30 heavy (non-hydrogen) atoms. The number of azide groups is 1. The Hall–Kier alpha value is -0.950. The van der Waals surface area contributed by atoms with Gasteiger partial charge in [-0.3, -0.25) is 0 Å². The second-order valence-electron chi connectivity index (χ2n) is 12.4. The number of allylic oxidation sites excluding steroid dienone is 1. The maximum atomic E-state index is 8.89. The first-order chi connectivity index (χ1) is 14.3. The van der Waals surface area contributed by atoms with E-state index in [2.05, 4.69) is 50.7 Å². The molecule has 3 saturated carbocycles. The average Bonchev–Trinajstić information content (AvgIpc) is 3.05. The number of hydrogen-bond donors (Lipinski definition) is 0. The predicted molar refractivity (Wildman–Crippen MR) is 126 cm³/mol. The minimum atomic E-state index is 0.197. The molecule has 4 aliphatic rings. The molecule has 0 aromatic heterocycles.